The molecule has 2 saturated heterocycles. The van der Waals surface area contributed by atoms with Gasteiger partial charge in [-0.3, -0.25) is 9.58 Å². The smallest absolute Gasteiger partial charge is 0.213 e. The predicted molar refractivity (Wildman–Crippen MR) is 109 cm³/mol. The summed E-state index contributed by atoms with van der Waals surface area (Å²) in [7, 11) is -3.07. The molecule has 9 nitrogen and oxygen atoms in total. The zero-order valence-electron chi connectivity index (χ0n) is 16.3. The van der Waals surface area contributed by atoms with Gasteiger partial charge in [0.2, 0.25) is 10.0 Å². The van der Waals surface area contributed by atoms with Crippen LogP contribution in [-0.2, 0) is 10.0 Å². The van der Waals surface area contributed by atoms with Crippen molar-refractivity contribution in [3.8, 4) is 11.3 Å². The fourth-order valence-corrected chi connectivity index (χ4v) is 5.35. The fraction of sp³-hybridized carbons (Fsp3) is 0.474. The van der Waals surface area contributed by atoms with E-state index in [1.807, 2.05) is 29.3 Å². The van der Waals surface area contributed by atoms with Crippen molar-refractivity contribution in [1.29, 1.82) is 0 Å². The van der Waals surface area contributed by atoms with Crippen LogP contribution in [-0.4, -0.2) is 80.3 Å². The molecule has 1 radical (unpaired) electrons. The van der Waals surface area contributed by atoms with Crippen molar-refractivity contribution in [3.05, 3.63) is 37.0 Å². The third kappa shape index (κ3) is 3.34. The summed E-state index contributed by atoms with van der Waals surface area (Å²) in [5.41, 5.74) is 2.67. The first-order valence-electron chi connectivity index (χ1n) is 9.95. The van der Waals surface area contributed by atoms with Gasteiger partial charge in [-0.25, -0.2) is 22.7 Å². The van der Waals surface area contributed by atoms with E-state index in [0.717, 1.165) is 48.2 Å². The van der Waals surface area contributed by atoms with Crippen LogP contribution >= 0.6 is 0 Å². The summed E-state index contributed by atoms with van der Waals surface area (Å²) in [6, 6.07) is 3.67. The lowest BCUT2D eigenvalue weighted by Crippen LogP contribution is -2.56. The lowest BCUT2D eigenvalue weighted by atomic mass is 9.98. The molecule has 2 aliphatic heterocycles. The molecular weight excluding hydrogens is 390 g/mol. The van der Waals surface area contributed by atoms with Gasteiger partial charge in [-0.15, -0.1) is 0 Å². The summed E-state index contributed by atoms with van der Waals surface area (Å²) >= 11 is 0. The van der Waals surface area contributed by atoms with Crippen LogP contribution in [0.1, 0.15) is 19.8 Å². The van der Waals surface area contributed by atoms with Crippen LogP contribution in [0.2, 0.25) is 0 Å². The van der Waals surface area contributed by atoms with E-state index in [2.05, 4.69) is 25.0 Å². The number of likely N-dealkylation sites (tertiary alicyclic amines) is 1. The van der Waals surface area contributed by atoms with Crippen molar-refractivity contribution in [1.82, 2.24) is 33.9 Å². The van der Waals surface area contributed by atoms with Gasteiger partial charge in [0.25, 0.3) is 0 Å². The van der Waals surface area contributed by atoms with Gasteiger partial charge in [0, 0.05) is 55.6 Å². The number of rotatable bonds is 5. The van der Waals surface area contributed by atoms with Crippen molar-refractivity contribution in [2.45, 2.75) is 25.8 Å². The van der Waals surface area contributed by atoms with Crippen LogP contribution in [0.15, 0.2) is 31.0 Å². The average molecular weight is 415 g/mol. The Morgan fingerprint density at radius 2 is 2.00 bits per heavy atom. The molecule has 3 aromatic rings. The van der Waals surface area contributed by atoms with Gasteiger partial charge in [-0.05, 0) is 25.8 Å². The van der Waals surface area contributed by atoms with Gasteiger partial charge in [-0.1, -0.05) is 0 Å². The molecule has 0 atom stereocenters. The predicted octanol–water partition coefficient (Wildman–Crippen LogP) is 1.33. The van der Waals surface area contributed by atoms with Crippen molar-refractivity contribution in [3.63, 3.8) is 0 Å². The third-order valence-corrected chi connectivity index (χ3v) is 7.88. The molecule has 153 valence electrons. The monoisotopic (exact) mass is 414 g/mol. The Hall–Kier alpha value is -2.30. The van der Waals surface area contributed by atoms with Crippen molar-refractivity contribution < 1.29 is 8.42 Å². The topological polar surface area (TPSA) is 100 Å². The second-order valence-corrected chi connectivity index (χ2v) is 9.90. The van der Waals surface area contributed by atoms with Crippen LogP contribution in [0.3, 0.4) is 0 Å². The standard InChI is InChI=1S/C19H24N7O2S/c1-2-29(27,28)25-7-4-15(5-8-25)24-11-16(12-24)26-10-14(9-23-26)18-17-3-6-20-19(17)22-13-21-18/h3,6,9-10,13,15H,2,4-5,7-8,11-12H2,1H3,(H,20,21,22). The van der Waals surface area contributed by atoms with Crippen LogP contribution in [0.4, 0.5) is 0 Å². The van der Waals surface area contributed by atoms with E-state index >= 15 is 0 Å². The molecule has 1 N–H and O–H groups in total. The Kier molecular flexibility index (Phi) is 4.64. The maximum Gasteiger partial charge on any atom is 0.213 e. The van der Waals surface area contributed by atoms with Gasteiger partial charge in [0.1, 0.15) is 18.0 Å². The second-order valence-electron chi connectivity index (χ2n) is 7.64. The summed E-state index contributed by atoms with van der Waals surface area (Å²) in [6.07, 6.45) is 9.08. The van der Waals surface area contributed by atoms with Crippen LogP contribution < -0.4 is 0 Å². The molecule has 0 unspecified atom stereocenters. The minimum absolute atomic E-state index is 0.183. The first-order valence-corrected chi connectivity index (χ1v) is 11.6. The normalized spacial score (nSPS) is 20.3. The van der Waals surface area contributed by atoms with Crippen molar-refractivity contribution in [2.75, 3.05) is 31.9 Å². The number of aromatic nitrogens is 5. The molecule has 0 amide bonds. The van der Waals surface area contributed by atoms with E-state index in [1.54, 1.807) is 17.6 Å². The largest absolute Gasteiger partial charge is 0.346 e. The Labute approximate surface area is 169 Å². The van der Waals surface area contributed by atoms with Gasteiger partial charge in [0.05, 0.1) is 17.6 Å². The highest BCUT2D eigenvalue weighted by Gasteiger charge is 2.37. The Bertz CT molecular complexity index is 1110. The maximum atomic E-state index is 12.0. The zero-order valence-corrected chi connectivity index (χ0v) is 17.1. The van der Waals surface area contributed by atoms with E-state index in [4.69, 9.17) is 0 Å². The van der Waals surface area contributed by atoms with Gasteiger partial charge < -0.3 is 4.98 Å². The molecule has 0 aliphatic carbocycles. The zero-order chi connectivity index (χ0) is 20.0. The van der Waals surface area contributed by atoms with E-state index in [0.29, 0.717) is 19.1 Å². The second kappa shape index (κ2) is 7.19. The molecule has 0 saturated carbocycles. The van der Waals surface area contributed by atoms with E-state index in [1.165, 1.54) is 6.04 Å². The summed E-state index contributed by atoms with van der Waals surface area (Å²) in [5, 5.41) is 5.52. The highest BCUT2D eigenvalue weighted by molar-refractivity contribution is 7.89. The summed E-state index contributed by atoms with van der Waals surface area (Å²) in [4.78, 5) is 14.2. The number of nitrogens with one attached hydrogen (secondary N) is 1. The number of sulfonamides is 1. The number of nitrogens with zero attached hydrogens (tertiary/aromatic N) is 6. The Balaban J connectivity index is 1.21. The molecule has 3 aromatic heterocycles. The van der Waals surface area contributed by atoms with E-state index in [-0.39, 0.29) is 5.75 Å². The molecule has 0 bridgehead atoms. The minimum atomic E-state index is -3.07. The number of hydrogen-bond donors (Lipinski definition) is 1. The quantitative estimate of drug-likeness (QED) is 0.676. The molecule has 0 spiro atoms. The molecule has 5 rings (SSSR count). The SMILES string of the molecule is CCS(=O)(=O)N1CCC(N2C[C](n3cc(-c4ncnc5[nH]ccc45)cn3)C2)CC1. The Morgan fingerprint density at radius 3 is 2.76 bits per heavy atom. The van der Waals surface area contributed by atoms with Crippen LogP contribution in [0.25, 0.3) is 22.3 Å². The van der Waals surface area contributed by atoms with Crippen molar-refractivity contribution in [2.24, 2.45) is 0 Å². The van der Waals surface area contributed by atoms with Crippen LogP contribution in [0.5, 0.6) is 0 Å². The highest BCUT2D eigenvalue weighted by atomic mass is 32.2. The summed E-state index contributed by atoms with van der Waals surface area (Å²) in [6.45, 7) is 4.70. The average Bonchev–Trinajstić information content (AvgIpc) is 3.37. The molecule has 2 fully saturated rings. The summed E-state index contributed by atoms with van der Waals surface area (Å²) in [5.74, 6) is 0.183. The van der Waals surface area contributed by atoms with Gasteiger partial charge in [0.15, 0.2) is 0 Å². The van der Waals surface area contributed by atoms with Crippen molar-refractivity contribution >= 4 is 21.1 Å². The minimum Gasteiger partial charge on any atom is -0.346 e. The molecule has 0 aromatic carbocycles. The highest BCUT2D eigenvalue weighted by Crippen LogP contribution is 2.30. The summed E-state index contributed by atoms with van der Waals surface area (Å²) < 4.78 is 27.6. The lowest BCUT2D eigenvalue weighted by molar-refractivity contribution is 0.0883. The molecule has 2 aliphatic rings. The first kappa shape index (κ1) is 18.7. The number of aromatic amines is 1. The van der Waals surface area contributed by atoms with E-state index in [9.17, 15) is 8.42 Å². The fourth-order valence-electron chi connectivity index (χ4n) is 4.21. The van der Waals surface area contributed by atoms with Crippen LogP contribution in [0, 0.1) is 6.04 Å². The molecule has 5 heterocycles. The van der Waals surface area contributed by atoms with Gasteiger partial charge in [-0.2, -0.15) is 5.10 Å². The maximum absolute atomic E-state index is 12.0. The number of fused-ring (bicyclic) bond motifs is 1. The lowest BCUT2D eigenvalue weighted by Gasteiger charge is -2.46. The first-order chi connectivity index (χ1) is 14.0. The number of hydrogen-bond acceptors (Lipinski definition) is 6. The molecule has 10 heteroatoms. The Morgan fingerprint density at radius 1 is 1.21 bits per heavy atom. The molecule has 29 heavy (non-hydrogen) atoms. The van der Waals surface area contributed by atoms with Gasteiger partial charge >= 0.3 is 0 Å². The third-order valence-electron chi connectivity index (χ3n) is 6.00. The van der Waals surface area contributed by atoms with E-state index < -0.39 is 10.0 Å². The molecular formula is C19H24N7O2S. The number of piperidine rings is 1. The number of H-pyrrole nitrogens is 1.